The van der Waals surface area contributed by atoms with Gasteiger partial charge in [0.25, 0.3) is 5.91 Å². The van der Waals surface area contributed by atoms with Gasteiger partial charge < -0.3 is 14.8 Å². The number of halogens is 2. The molecule has 0 unspecified atom stereocenters. The van der Waals surface area contributed by atoms with E-state index in [0.717, 1.165) is 0 Å². The number of hydrogen-bond donors (Lipinski definition) is 1. The van der Waals surface area contributed by atoms with Gasteiger partial charge in [0.05, 0.1) is 10.7 Å². The van der Waals surface area contributed by atoms with Crippen LogP contribution in [0, 0.1) is 0 Å². The Kier molecular flexibility index (Phi) is 7.30. The van der Waals surface area contributed by atoms with E-state index < -0.39 is 18.5 Å². The van der Waals surface area contributed by atoms with Gasteiger partial charge in [0.2, 0.25) is 0 Å². The third kappa shape index (κ3) is 6.24. The van der Waals surface area contributed by atoms with E-state index in [1.165, 1.54) is 11.6 Å². The van der Waals surface area contributed by atoms with Crippen molar-refractivity contribution >= 4 is 40.8 Å². The van der Waals surface area contributed by atoms with Crippen molar-refractivity contribution in [2.24, 2.45) is 0 Å². The first-order valence-corrected chi connectivity index (χ1v) is 8.74. The van der Waals surface area contributed by atoms with Crippen LogP contribution < -0.4 is 10.1 Å². The highest BCUT2D eigenvalue weighted by Gasteiger charge is 2.11. The number of carbonyl (C=O) groups is 2. The molecule has 0 aliphatic rings. The molecule has 26 heavy (non-hydrogen) atoms. The largest absolute Gasteiger partial charge is 0.482 e. The molecule has 0 saturated heterocycles. The standard InChI is InChI=1S/C19H19Cl2NO4/c1-12(2)13-3-6-15(7-4-13)25-11-19(24)26-10-18(23)22-17-9-14(20)5-8-16(17)21/h3-9,12H,10-11H2,1-2H3,(H,22,23). The molecule has 2 rings (SSSR count). The predicted molar refractivity (Wildman–Crippen MR) is 102 cm³/mol. The number of nitrogens with one attached hydrogen (secondary N) is 1. The molecule has 138 valence electrons. The van der Waals surface area contributed by atoms with Crippen LogP contribution in [0.4, 0.5) is 5.69 Å². The number of rotatable bonds is 7. The van der Waals surface area contributed by atoms with E-state index in [0.29, 0.717) is 27.4 Å². The quantitative estimate of drug-likeness (QED) is 0.691. The summed E-state index contributed by atoms with van der Waals surface area (Å²) < 4.78 is 10.2. The molecular weight excluding hydrogens is 377 g/mol. The molecule has 1 amide bonds. The Balaban J connectivity index is 1.75. The number of anilines is 1. The van der Waals surface area contributed by atoms with Gasteiger partial charge in [0, 0.05) is 5.02 Å². The van der Waals surface area contributed by atoms with Crippen molar-refractivity contribution in [2.75, 3.05) is 18.5 Å². The first-order valence-electron chi connectivity index (χ1n) is 7.98. The van der Waals surface area contributed by atoms with Crippen molar-refractivity contribution in [3.8, 4) is 5.75 Å². The smallest absolute Gasteiger partial charge is 0.344 e. The number of carbonyl (C=O) groups excluding carboxylic acids is 2. The number of hydrogen-bond acceptors (Lipinski definition) is 4. The third-order valence-electron chi connectivity index (χ3n) is 3.47. The highest BCUT2D eigenvalue weighted by Crippen LogP contribution is 2.25. The molecule has 0 bridgehead atoms. The second kappa shape index (κ2) is 9.46. The topological polar surface area (TPSA) is 64.6 Å². The lowest BCUT2D eigenvalue weighted by atomic mass is 10.0. The van der Waals surface area contributed by atoms with E-state index >= 15 is 0 Å². The molecular formula is C19H19Cl2NO4. The summed E-state index contributed by atoms with van der Waals surface area (Å²) in [7, 11) is 0. The molecule has 0 radical (unpaired) electrons. The van der Waals surface area contributed by atoms with Crippen molar-refractivity contribution in [1.29, 1.82) is 0 Å². The van der Waals surface area contributed by atoms with Gasteiger partial charge in [0.15, 0.2) is 13.2 Å². The number of benzene rings is 2. The van der Waals surface area contributed by atoms with Gasteiger partial charge in [-0.3, -0.25) is 4.79 Å². The third-order valence-corrected chi connectivity index (χ3v) is 4.03. The number of ether oxygens (including phenoxy) is 2. The van der Waals surface area contributed by atoms with Crippen molar-refractivity contribution < 1.29 is 19.1 Å². The first-order chi connectivity index (χ1) is 12.3. The minimum absolute atomic E-state index is 0.285. The van der Waals surface area contributed by atoms with E-state index in [4.69, 9.17) is 32.7 Å². The molecule has 0 aliphatic heterocycles. The fourth-order valence-electron chi connectivity index (χ4n) is 2.06. The van der Waals surface area contributed by atoms with Crippen LogP contribution in [0.15, 0.2) is 42.5 Å². The first kappa shape index (κ1) is 20.1. The molecule has 0 saturated carbocycles. The molecule has 2 aromatic carbocycles. The van der Waals surface area contributed by atoms with Crippen molar-refractivity contribution in [3.05, 3.63) is 58.1 Å². The summed E-state index contributed by atoms with van der Waals surface area (Å²) >= 11 is 11.8. The molecule has 5 nitrogen and oxygen atoms in total. The van der Waals surface area contributed by atoms with Crippen LogP contribution >= 0.6 is 23.2 Å². The summed E-state index contributed by atoms with van der Waals surface area (Å²) in [5, 5.41) is 3.29. The zero-order valence-electron chi connectivity index (χ0n) is 14.4. The maximum atomic E-state index is 11.8. The summed E-state index contributed by atoms with van der Waals surface area (Å²) in [4.78, 5) is 23.5. The van der Waals surface area contributed by atoms with Crippen LogP contribution in [0.25, 0.3) is 0 Å². The average Bonchev–Trinajstić information content (AvgIpc) is 2.61. The Hall–Kier alpha value is -2.24. The maximum absolute atomic E-state index is 11.8. The monoisotopic (exact) mass is 395 g/mol. The van der Waals surface area contributed by atoms with E-state index in [-0.39, 0.29) is 6.61 Å². The zero-order valence-corrected chi connectivity index (χ0v) is 15.9. The highest BCUT2D eigenvalue weighted by atomic mass is 35.5. The van der Waals surface area contributed by atoms with Gasteiger partial charge in [-0.25, -0.2) is 4.79 Å². The van der Waals surface area contributed by atoms with Crippen LogP contribution in [0.2, 0.25) is 10.0 Å². The lowest BCUT2D eigenvalue weighted by molar-refractivity contribution is -0.149. The normalized spacial score (nSPS) is 10.5. The zero-order chi connectivity index (χ0) is 19.1. The molecule has 0 heterocycles. The average molecular weight is 396 g/mol. The van der Waals surface area contributed by atoms with E-state index in [1.54, 1.807) is 24.3 Å². The van der Waals surface area contributed by atoms with Crippen LogP contribution in [-0.4, -0.2) is 25.1 Å². The molecule has 7 heteroatoms. The van der Waals surface area contributed by atoms with Gasteiger partial charge in [-0.2, -0.15) is 0 Å². The SMILES string of the molecule is CC(C)c1ccc(OCC(=O)OCC(=O)Nc2cc(Cl)ccc2Cl)cc1. The van der Waals surface area contributed by atoms with Crippen molar-refractivity contribution in [2.45, 2.75) is 19.8 Å². The Bertz CT molecular complexity index is 776. The molecule has 0 spiro atoms. The Morgan fingerprint density at radius 1 is 1.04 bits per heavy atom. The Labute approximate surface area is 162 Å². The minimum Gasteiger partial charge on any atom is -0.482 e. The molecule has 0 fully saturated rings. The van der Waals surface area contributed by atoms with Crippen molar-refractivity contribution in [3.63, 3.8) is 0 Å². The highest BCUT2D eigenvalue weighted by molar-refractivity contribution is 6.35. The van der Waals surface area contributed by atoms with E-state index in [1.807, 2.05) is 12.1 Å². The van der Waals surface area contributed by atoms with E-state index in [9.17, 15) is 9.59 Å². The molecule has 0 aromatic heterocycles. The number of amides is 1. The summed E-state index contributed by atoms with van der Waals surface area (Å²) in [6.07, 6.45) is 0. The van der Waals surface area contributed by atoms with Gasteiger partial charge in [0.1, 0.15) is 5.75 Å². The lowest BCUT2D eigenvalue weighted by Gasteiger charge is -2.10. The molecule has 2 aromatic rings. The van der Waals surface area contributed by atoms with Gasteiger partial charge in [-0.15, -0.1) is 0 Å². The van der Waals surface area contributed by atoms with Crippen LogP contribution in [0.3, 0.4) is 0 Å². The summed E-state index contributed by atoms with van der Waals surface area (Å²) in [6.45, 7) is 3.45. The molecule has 0 aliphatic carbocycles. The van der Waals surface area contributed by atoms with E-state index in [2.05, 4.69) is 19.2 Å². The van der Waals surface area contributed by atoms with Crippen molar-refractivity contribution in [1.82, 2.24) is 0 Å². The summed E-state index contributed by atoms with van der Waals surface area (Å²) in [6, 6.07) is 12.1. The van der Waals surface area contributed by atoms with Crippen LogP contribution in [0.5, 0.6) is 5.75 Å². The summed E-state index contributed by atoms with van der Waals surface area (Å²) in [5.41, 5.74) is 1.53. The number of esters is 1. The Morgan fingerprint density at radius 2 is 1.73 bits per heavy atom. The van der Waals surface area contributed by atoms with Crippen LogP contribution in [-0.2, 0) is 14.3 Å². The maximum Gasteiger partial charge on any atom is 0.344 e. The van der Waals surface area contributed by atoms with Gasteiger partial charge in [-0.05, 0) is 41.8 Å². The lowest BCUT2D eigenvalue weighted by Crippen LogP contribution is -2.23. The molecule has 0 atom stereocenters. The Morgan fingerprint density at radius 3 is 2.38 bits per heavy atom. The van der Waals surface area contributed by atoms with Crippen LogP contribution in [0.1, 0.15) is 25.3 Å². The van der Waals surface area contributed by atoms with Gasteiger partial charge in [-0.1, -0.05) is 49.2 Å². The second-order valence-electron chi connectivity index (χ2n) is 5.85. The minimum atomic E-state index is -0.648. The second-order valence-corrected chi connectivity index (χ2v) is 6.69. The van der Waals surface area contributed by atoms with Gasteiger partial charge >= 0.3 is 5.97 Å². The summed E-state index contributed by atoms with van der Waals surface area (Å²) in [5.74, 6) is -0.198. The predicted octanol–water partition coefficient (Wildman–Crippen LogP) is 4.68. The fourth-order valence-corrected chi connectivity index (χ4v) is 2.40. The fraction of sp³-hybridized carbons (Fsp3) is 0.263. The molecule has 1 N–H and O–H groups in total.